The first kappa shape index (κ1) is 18.9. The molecule has 5 heteroatoms. The SMILES string of the molecule is Cc1ccc(-c2nc(COC(=O)c3cccc(Oc4ccccc4)c3)cs2)cc1. The maximum Gasteiger partial charge on any atom is 0.338 e. The fourth-order valence-electron chi connectivity index (χ4n) is 2.74. The van der Waals surface area contributed by atoms with E-state index in [-0.39, 0.29) is 6.61 Å². The van der Waals surface area contributed by atoms with Crippen molar-refractivity contribution in [1.82, 2.24) is 4.98 Å². The second-order valence-electron chi connectivity index (χ2n) is 6.53. The van der Waals surface area contributed by atoms with Crippen LogP contribution < -0.4 is 4.74 Å². The molecule has 0 radical (unpaired) electrons. The molecule has 0 aliphatic rings. The van der Waals surface area contributed by atoms with Crippen LogP contribution in [-0.4, -0.2) is 11.0 Å². The average Bonchev–Trinajstić information content (AvgIpc) is 3.22. The summed E-state index contributed by atoms with van der Waals surface area (Å²) in [5.74, 6) is 0.887. The predicted molar refractivity (Wildman–Crippen MR) is 114 cm³/mol. The van der Waals surface area contributed by atoms with Crippen molar-refractivity contribution in [3.05, 3.63) is 101 Å². The molecule has 0 spiro atoms. The van der Waals surface area contributed by atoms with E-state index in [2.05, 4.69) is 24.0 Å². The van der Waals surface area contributed by atoms with E-state index in [0.717, 1.165) is 16.3 Å². The number of benzene rings is 3. The molecule has 4 rings (SSSR count). The van der Waals surface area contributed by atoms with Crippen LogP contribution in [0, 0.1) is 6.92 Å². The lowest BCUT2D eigenvalue weighted by molar-refractivity contribution is 0.0468. The molecule has 1 heterocycles. The summed E-state index contributed by atoms with van der Waals surface area (Å²) >= 11 is 1.54. The Bertz CT molecular complexity index is 1100. The Kier molecular flexibility index (Phi) is 5.68. The lowest BCUT2D eigenvalue weighted by atomic mass is 10.2. The quantitative estimate of drug-likeness (QED) is 0.357. The third kappa shape index (κ3) is 4.89. The van der Waals surface area contributed by atoms with Gasteiger partial charge in [-0.2, -0.15) is 0 Å². The van der Waals surface area contributed by atoms with Crippen LogP contribution in [0.4, 0.5) is 0 Å². The highest BCUT2D eigenvalue weighted by Crippen LogP contribution is 2.25. The van der Waals surface area contributed by atoms with Gasteiger partial charge in [-0.15, -0.1) is 11.3 Å². The molecule has 0 unspecified atom stereocenters. The summed E-state index contributed by atoms with van der Waals surface area (Å²) in [6.45, 7) is 2.18. The van der Waals surface area contributed by atoms with Gasteiger partial charge in [-0.05, 0) is 37.3 Å². The number of hydrogen-bond acceptors (Lipinski definition) is 5. The van der Waals surface area contributed by atoms with Crippen LogP contribution in [0.3, 0.4) is 0 Å². The molecule has 0 atom stereocenters. The molecule has 4 aromatic rings. The highest BCUT2D eigenvalue weighted by atomic mass is 32.1. The lowest BCUT2D eigenvalue weighted by Gasteiger charge is -2.07. The van der Waals surface area contributed by atoms with Crippen LogP contribution in [0.25, 0.3) is 10.6 Å². The summed E-state index contributed by atoms with van der Waals surface area (Å²) in [7, 11) is 0. The smallest absolute Gasteiger partial charge is 0.338 e. The molecule has 4 nitrogen and oxygen atoms in total. The van der Waals surface area contributed by atoms with E-state index in [1.54, 1.807) is 24.3 Å². The zero-order valence-electron chi connectivity index (χ0n) is 15.9. The number of nitrogens with zero attached hydrogens (tertiary/aromatic N) is 1. The van der Waals surface area contributed by atoms with E-state index in [4.69, 9.17) is 9.47 Å². The molecular formula is C24H19NO3S. The molecule has 0 amide bonds. The number of esters is 1. The number of aromatic nitrogens is 1. The number of carbonyl (C=O) groups is 1. The van der Waals surface area contributed by atoms with Crippen molar-refractivity contribution in [2.45, 2.75) is 13.5 Å². The van der Waals surface area contributed by atoms with E-state index in [1.807, 2.05) is 47.8 Å². The summed E-state index contributed by atoms with van der Waals surface area (Å²) in [6.07, 6.45) is 0. The molecule has 0 N–H and O–H groups in total. The van der Waals surface area contributed by atoms with Crippen molar-refractivity contribution < 1.29 is 14.3 Å². The molecule has 0 fully saturated rings. The topological polar surface area (TPSA) is 48.4 Å². The molecule has 0 bridgehead atoms. The second-order valence-corrected chi connectivity index (χ2v) is 7.39. The predicted octanol–water partition coefficient (Wildman–Crippen LogP) is 6.27. The van der Waals surface area contributed by atoms with Crippen molar-refractivity contribution in [3.8, 4) is 22.1 Å². The minimum atomic E-state index is -0.409. The van der Waals surface area contributed by atoms with Crippen LogP contribution in [0.2, 0.25) is 0 Å². The third-order valence-corrected chi connectivity index (χ3v) is 5.19. The molecular weight excluding hydrogens is 382 g/mol. The van der Waals surface area contributed by atoms with Crippen molar-refractivity contribution in [3.63, 3.8) is 0 Å². The Balaban J connectivity index is 1.39. The zero-order chi connectivity index (χ0) is 20.1. The highest BCUT2D eigenvalue weighted by Gasteiger charge is 2.11. The summed E-state index contributed by atoms with van der Waals surface area (Å²) in [5.41, 5.74) is 3.44. The summed E-state index contributed by atoms with van der Waals surface area (Å²) in [5, 5.41) is 2.83. The van der Waals surface area contributed by atoms with Crippen molar-refractivity contribution in [2.75, 3.05) is 0 Å². The molecule has 0 saturated heterocycles. The van der Waals surface area contributed by atoms with Gasteiger partial charge >= 0.3 is 5.97 Å². The van der Waals surface area contributed by atoms with Gasteiger partial charge in [0.15, 0.2) is 0 Å². The minimum absolute atomic E-state index is 0.130. The molecule has 3 aromatic carbocycles. The fourth-order valence-corrected chi connectivity index (χ4v) is 3.55. The van der Waals surface area contributed by atoms with Crippen molar-refractivity contribution >= 4 is 17.3 Å². The van der Waals surface area contributed by atoms with Crippen LogP contribution in [0.15, 0.2) is 84.2 Å². The van der Waals surface area contributed by atoms with E-state index in [9.17, 15) is 4.79 Å². The molecule has 0 aliphatic carbocycles. The standard InChI is InChI=1S/C24H19NO3S/c1-17-10-12-18(13-11-17)23-25-20(16-29-23)15-27-24(26)19-6-5-9-22(14-19)28-21-7-3-2-4-8-21/h2-14,16H,15H2,1H3. The highest BCUT2D eigenvalue weighted by molar-refractivity contribution is 7.13. The van der Waals surface area contributed by atoms with Gasteiger partial charge in [-0.1, -0.05) is 54.1 Å². The van der Waals surface area contributed by atoms with Crippen LogP contribution in [0.1, 0.15) is 21.6 Å². The minimum Gasteiger partial charge on any atom is -0.457 e. The maximum absolute atomic E-state index is 12.4. The number of aryl methyl sites for hydroxylation is 1. The number of hydrogen-bond donors (Lipinski definition) is 0. The molecule has 29 heavy (non-hydrogen) atoms. The third-order valence-electron chi connectivity index (χ3n) is 4.25. The molecule has 1 aromatic heterocycles. The normalized spacial score (nSPS) is 10.5. The van der Waals surface area contributed by atoms with Crippen LogP contribution in [0.5, 0.6) is 11.5 Å². The van der Waals surface area contributed by atoms with Gasteiger partial charge in [0.05, 0.1) is 11.3 Å². The summed E-state index contributed by atoms with van der Waals surface area (Å²) in [6, 6.07) is 24.6. The Labute approximate surface area is 173 Å². The van der Waals surface area contributed by atoms with E-state index >= 15 is 0 Å². The van der Waals surface area contributed by atoms with Gasteiger partial charge < -0.3 is 9.47 Å². The van der Waals surface area contributed by atoms with Crippen LogP contribution >= 0.6 is 11.3 Å². The Morgan fingerprint density at radius 3 is 2.48 bits per heavy atom. The summed E-state index contributed by atoms with van der Waals surface area (Å²) in [4.78, 5) is 17.0. The Hall–Kier alpha value is -3.44. The molecule has 144 valence electrons. The Morgan fingerprint density at radius 1 is 0.931 bits per heavy atom. The van der Waals surface area contributed by atoms with E-state index in [0.29, 0.717) is 17.1 Å². The van der Waals surface area contributed by atoms with Crippen molar-refractivity contribution in [2.24, 2.45) is 0 Å². The van der Waals surface area contributed by atoms with E-state index in [1.165, 1.54) is 16.9 Å². The number of rotatable bonds is 6. The second kappa shape index (κ2) is 8.71. The monoisotopic (exact) mass is 401 g/mol. The van der Waals surface area contributed by atoms with Gasteiger partial charge in [0.25, 0.3) is 0 Å². The van der Waals surface area contributed by atoms with Gasteiger partial charge in [0, 0.05) is 10.9 Å². The first-order valence-electron chi connectivity index (χ1n) is 9.19. The van der Waals surface area contributed by atoms with Crippen LogP contribution in [-0.2, 0) is 11.3 Å². The first-order valence-corrected chi connectivity index (χ1v) is 10.1. The van der Waals surface area contributed by atoms with Crippen molar-refractivity contribution in [1.29, 1.82) is 0 Å². The first-order chi connectivity index (χ1) is 14.2. The number of para-hydroxylation sites is 1. The number of ether oxygens (including phenoxy) is 2. The fraction of sp³-hybridized carbons (Fsp3) is 0.0833. The Morgan fingerprint density at radius 2 is 1.69 bits per heavy atom. The largest absolute Gasteiger partial charge is 0.457 e. The lowest BCUT2D eigenvalue weighted by Crippen LogP contribution is -2.05. The number of thiazole rings is 1. The molecule has 0 aliphatic heterocycles. The summed E-state index contributed by atoms with van der Waals surface area (Å²) < 4.78 is 11.2. The average molecular weight is 401 g/mol. The maximum atomic E-state index is 12.4. The molecule has 0 saturated carbocycles. The zero-order valence-corrected chi connectivity index (χ0v) is 16.7. The van der Waals surface area contributed by atoms with Gasteiger partial charge in [-0.3, -0.25) is 0 Å². The van der Waals surface area contributed by atoms with Gasteiger partial charge in [-0.25, -0.2) is 9.78 Å². The number of carbonyl (C=O) groups excluding carboxylic acids is 1. The van der Waals surface area contributed by atoms with Gasteiger partial charge in [0.1, 0.15) is 23.1 Å². The van der Waals surface area contributed by atoms with E-state index < -0.39 is 5.97 Å². The van der Waals surface area contributed by atoms with Gasteiger partial charge in [0.2, 0.25) is 0 Å².